The van der Waals surface area contributed by atoms with Crippen molar-refractivity contribution in [3.63, 3.8) is 0 Å². The molecule has 0 amide bonds. The minimum atomic E-state index is 0.260. The van der Waals surface area contributed by atoms with Crippen LogP contribution >= 0.6 is 0 Å². The van der Waals surface area contributed by atoms with Crippen LogP contribution < -0.4 is 4.90 Å². The van der Waals surface area contributed by atoms with E-state index in [1.54, 1.807) is 6.20 Å². The zero-order valence-electron chi connectivity index (χ0n) is 19.1. The van der Waals surface area contributed by atoms with Gasteiger partial charge >= 0.3 is 0 Å². The Bertz CT molecular complexity index is 1250. The predicted octanol–water partition coefficient (Wildman–Crippen LogP) is 5.34. The quantitative estimate of drug-likeness (QED) is 0.476. The molecule has 164 valence electrons. The molecule has 1 aliphatic heterocycles. The van der Waals surface area contributed by atoms with Gasteiger partial charge in [-0.15, -0.1) is 0 Å². The van der Waals surface area contributed by atoms with E-state index in [9.17, 15) is 0 Å². The van der Waals surface area contributed by atoms with Gasteiger partial charge in [0.15, 0.2) is 0 Å². The van der Waals surface area contributed by atoms with Gasteiger partial charge in [-0.2, -0.15) is 5.10 Å². The number of anilines is 1. The van der Waals surface area contributed by atoms with Gasteiger partial charge in [-0.05, 0) is 54.2 Å². The second-order valence-corrected chi connectivity index (χ2v) is 8.87. The Labute approximate surface area is 188 Å². The number of aromatic amines is 1. The molecule has 1 aliphatic rings. The molecule has 4 aromatic rings. The largest absolute Gasteiger partial charge is 0.377 e. The monoisotopic (exact) mass is 427 g/mol. The lowest BCUT2D eigenvalue weighted by molar-refractivity contribution is 0.0986. The molecule has 6 heteroatoms. The van der Waals surface area contributed by atoms with Gasteiger partial charge in [0.25, 0.3) is 0 Å². The molecule has 0 spiro atoms. The summed E-state index contributed by atoms with van der Waals surface area (Å²) in [4.78, 5) is 12.3. The number of nitrogens with one attached hydrogen (secondary N) is 1. The molecule has 1 atom stereocenters. The van der Waals surface area contributed by atoms with Crippen LogP contribution in [-0.2, 0) is 4.74 Å². The number of rotatable bonds is 4. The minimum Gasteiger partial charge on any atom is -0.377 e. The summed E-state index contributed by atoms with van der Waals surface area (Å²) < 4.78 is 5.69. The van der Waals surface area contributed by atoms with Crippen molar-refractivity contribution in [1.82, 2.24) is 20.2 Å². The van der Waals surface area contributed by atoms with Gasteiger partial charge in [-0.3, -0.25) is 10.1 Å². The molecule has 1 fully saturated rings. The summed E-state index contributed by atoms with van der Waals surface area (Å²) in [5, 5.41) is 8.37. The van der Waals surface area contributed by atoms with Gasteiger partial charge in [-0.1, -0.05) is 38.1 Å². The predicted molar refractivity (Wildman–Crippen MR) is 129 cm³/mol. The first-order valence-corrected chi connectivity index (χ1v) is 11.3. The summed E-state index contributed by atoms with van der Waals surface area (Å²) >= 11 is 0. The molecule has 4 heterocycles. The maximum atomic E-state index is 5.69. The lowest BCUT2D eigenvalue weighted by atomic mass is 9.89. The molecule has 0 aliphatic carbocycles. The molecular formula is C26H29N5O. The Morgan fingerprint density at radius 2 is 2.00 bits per heavy atom. The summed E-state index contributed by atoms with van der Waals surface area (Å²) in [7, 11) is 0. The van der Waals surface area contributed by atoms with Crippen molar-refractivity contribution in [2.45, 2.75) is 39.7 Å². The molecule has 3 aromatic heterocycles. The molecule has 0 bridgehead atoms. The van der Waals surface area contributed by atoms with E-state index in [1.807, 2.05) is 12.3 Å². The first kappa shape index (κ1) is 20.6. The third-order valence-corrected chi connectivity index (χ3v) is 6.30. The fraction of sp³-hybridized carbons (Fsp3) is 0.346. The summed E-state index contributed by atoms with van der Waals surface area (Å²) in [5.74, 6) is 1.38. The summed E-state index contributed by atoms with van der Waals surface area (Å²) in [6.07, 6.45) is 3.70. The topological polar surface area (TPSA) is 66.9 Å². The van der Waals surface area contributed by atoms with Gasteiger partial charge in [0.1, 0.15) is 17.0 Å². The van der Waals surface area contributed by atoms with Gasteiger partial charge in [0.2, 0.25) is 0 Å². The van der Waals surface area contributed by atoms with Crippen LogP contribution in [0, 0.1) is 6.92 Å². The maximum Gasteiger partial charge on any atom is 0.130 e. The molecule has 0 unspecified atom stereocenters. The van der Waals surface area contributed by atoms with E-state index < -0.39 is 0 Å². The van der Waals surface area contributed by atoms with Crippen LogP contribution in [0.5, 0.6) is 0 Å². The minimum absolute atomic E-state index is 0.260. The average Bonchev–Trinajstić information content (AvgIpc) is 3.33. The molecule has 1 aromatic carbocycles. The van der Waals surface area contributed by atoms with Crippen LogP contribution in [0.2, 0.25) is 0 Å². The van der Waals surface area contributed by atoms with Crippen molar-refractivity contribution in [3.05, 3.63) is 59.9 Å². The van der Waals surface area contributed by atoms with Crippen LogP contribution in [0.25, 0.3) is 33.4 Å². The standard InChI is InChI=1S/C26H29N5O/c1-16(2)19-7-5-6-8-20(19)21-13-23(31-11-12-32-15-18(31)4)29-26-24(21)17(3)14-27-25(26)22-9-10-28-30-22/h5-10,13-14,16,18H,11-12,15H2,1-4H3,(H,28,30)/t18-/m1/s1. The second-order valence-electron chi connectivity index (χ2n) is 8.87. The van der Waals surface area contributed by atoms with Crippen molar-refractivity contribution in [2.24, 2.45) is 0 Å². The maximum absolute atomic E-state index is 5.69. The number of benzene rings is 1. The van der Waals surface area contributed by atoms with Gasteiger partial charge < -0.3 is 9.64 Å². The number of aryl methyl sites for hydroxylation is 1. The number of aromatic nitrogens is 4. The van der Waals surface area contributed by atoms with Crippen molar-refractivity contribution >= 4 is 16.7 Å². The van der Waals surface area contributed by atoms with E-state index in [4.69, 9.17) is 14.7 Å². The third-order valence-electron chi connectivity index (χ3n) is 6.30. The Hall–Kier alpha value is -3.25. The fourth-order valence-electron chi connectivity index (χ4n) is 4.65. The highest BCUT2D eigenvalue weighted by molar-refractivity contribution is 6.04. The van der Waals surface area contributed by atoms with E-state index in [1.165, 1.54) is 16.7 Å². The third kappa shape index (κ3) is 3.54. The Morgan fingerprint density at radius 3 is 2.75 bits per heavy atom. The normalized spacial score (nSPS) is 16.8. The summed E-state index contributed by atoms with van der Waals surface area (Å²) in [6.45, 7) is 11.0. The SMILES string of the molecule is Cc1cnc(-c2ccn[nH]2)c2nc(N3CCOC[C@H]3C)cc(-c3ccccc3C(C)C)c12. The van der Waals surface area contributed by atoms with Crippen LogP contribution in [0.4, 0.5) is 5.82 Å². The highest BCUT2D eigenvalue weighted by atomic mass is 16.5. The van der Waals surface area contributed by atoms with E-state index in [0.29, 0.717) is 19.1 Å². The Balaban J connectivity index is 1.85. The summed E-state index contributed by atoms with van der Waals surface area (Å²) in [5.41, 5.74) is 7.51. The molecular weight excluding hydrogens is 398 g/mol. The van der Waals surface area contributed by atoms with Crippen molar-refractivity contribution in [1.29, 1.82) is 0 Å². The summed E-state index contributed by atoms with van der Waals surface area (Å²) in [6, 6.07) is 13.2. The zero-order valence-corrected chi connectivity index (χ0v) is 19.1. The van der Waals surface area contributed by atoms with Crippen LogP contribution in [0.3, 0.4) is 0 Å². The van der Waals surface area contributed by atoms with Gasteiger partial charge in [-0.25, -0.2) is 4.98 Å². The van der Waals surface area contributed by atoms with Crippen LogP contribution in [0.1, 0.15) is 37.8 Å². The van der Waals surface area contributed by atoms with Crippen molar-refractivity contribution in [2.75, 3.05) is 24.7 Å². The number of hydrogen-bond acceptors (Lipinski definition) is 5. The average molecular weight is 428 g/mol. The molecule has 1 saturated heterocycles. The first-order chi connectivity index (χ1) is 15.5. The second kappa shape index (κ2) is 8.36. The zero-order chi connectivity index (χ0) is 22.2. The molecule has 5 rings (SSSR count). The van der Waals surface area contributed by atoms with Crippen LogP contribution in [0.15, 0.2) is 48.8 Å². The first-order valence-electron chi connectivity index (χ1n) is 11.3. The molecule has 1 N–H and O–H groups in total. The van der Waals surface area contributed by atoms with E-state index in [-0.39, 0.29) is 6.04 Å². The number of pyridine rings is 2. The number of hydrogen-bond donors (Lipinski definition) is 1. The molecule has 0 saturated carbocycles. The van der Waals surface area contributed by atoms with Crippen molar-refractivity contribution < 1.29 is 4.74 Å². The molecule has 0 radical (unpaired) electrons. The molecule has 6 nitrogen and oxygen atoms in total. The highest BCUT2D eigenvalue weighted by Gasteiger charge is 2.24. The number of nitrogens with zero attached hydrogens (tertiary/aromatic N) is 4. The number of H-pyrrole nitrogens is 1. The van der Waals surface area contributed by atoms with E-state index >= 15 is 0 Å². The van der Waals surface area contributed by atoms with Crippen LogP contribution in [-0.4, -0.2) is 46.0 Å². The Morgan fingerprint density at radius 1 is 1.16 bits per heavy atom. The molecule has 32 heavy (non-hydrogen) atoms. The van der Waals surface area contributed by atoms with Gasteiger partial charge in [0, 0.05) is 24.3 Å². The van der Waals surface area contributed by atoms with E-state index in [2.05, 4.69) is 73.1 Å². The number of fused-ring (bicyclic) bond motifs is 1. The Kier molecular flexibility index (Phi) is 5.39. The number of morpholine rings is 1. The smallest absolute Gasteiger partial charge is 0.130 e. The van der Waals surface area contributed by atoms with Gasteiger partial charge in [0.05, 0.1) is 24.9 Å². The lowest BCUT2D eigenvalue weighted by Gasteiger charge is -2.35. The lowest BCUT2D eigenvalue weighted by Crippen LogP contribution is -2.44. The highest BCUT2D eigenvalue weighted by Crippen LogP contribution is 2.39. The fourth-order valence-corrected chi connectivity index (χ4v) is 4.65. The van der Waals surface area contributed by atoms with Crippen molar-refractivity contribution in [3.8, 4) is 22.5 Å². The van der Waals surface area contributed by atoms with E-state index in [0.717, 1.165) is 40.2 Å². The number of ether oxygens (including phenoxy) is 1.